The number of nitrogens with one attached hydrogen (secondary N) is 2. The predicted octanol–water partition coefficient (Wildman–Crippen LogP) is 5.67. The molecule has 5 heterocycles. The minimum Gasteiger partial charge on any atom is -0.457 e. The highest BCUT2D eigenvalue weighted by atomic mass is 16.5. The van der Waals surface area contributed by atoms with Crippen LogP contribution in [0, 0.1) is 0 Å². The van der Waals surface area contributed by atoms with Gasteiger partial charge in [-0.2, -0.15) is 5.10 Å². The number of anilines is 2. The summed E-state index contributed by atoms with van der Waals surface area (Å²) < 4.78 is 7.91. The van der Waals surface area contributed by atoms with Crippen LogP contribution in [0.2, 0.25) is 0 Å². The van der Waals surface area contributed by atoms with Crippen molar-refractivity contribution in [3.63, 3.8) is 0 Å². The number of ether oxygens (including phenoxy) is 1. The quantitative estimate of drug-likeness (QED) is 0.0751. The number of rotatable bonds is 13. The number of fused-ring (bicyclic) bond motifs is 2. The number of amides is 2. The molecule has 1 unspecified atom stereocenters. The van der Waals surface area contributed by atoms with Crippen LogP contribution < -0.4 is 21.1 Å². The van der Waals surface area contributed by atoms with Crippen LogP contribution in [0.5, 0.6) is 11.5 Å². The van der Waals surface area contributed by atoms with Gasteiger partial charge in [0.15, 0.2) is 5.65 Å². The summed E-state index contributed by atoms with van der Waals surface area (Å²) in [6.45, 7) is 1.94. The highest BCUT2D eigenvalue weighted by Gasteiger charge is 2.43. The molecule has 2 atom stereocenters. The number of nitrogens with zero attached hydrogens (tertiary/aromatic N) is 6. The summed E-state index contributed by atoms with van der Waals surface area (Å²) in [7, 11) is 0. The van der Waals surface area contributed by atoms with Gasteiger partial charge in [-0.15, -0.1) is 0 Å². The van der Waals surface area contributed by atoms with Gasteiger partial charge in [0.2, 0.25) is 0 Å². The van der Waals surface area contributed by atoms with E-state index < -0.39 is 17.9 Å². The Balaban J connectivity index is 0.853. The van der Waals surface area contributed by atoms with Crippen molar-refractivity contribution in [1.82, 2.24) is 34.9 Å². The first-order valence-electron chi connectivity index (χ1n) is 19.7. The van der Waals surface area contributed by atoms with Gasteiger partial charge < -0.3 is 26.0 Å². The topological polar surface area (TPSA) is 195 Å². The smallest absolute Gasteiger partial charge is 0.262 e. The second-order valence-electron chi connectivity index (χ2n) is 14.7. The summed E-state index contributed by atoms with van der Waals surface area (Å²) in [5.41, 5.74) is 10.6. The molecular formula is C44H41N9O6. The third-order valence-corrected chi connectivity index (χ3v) is 11.0. The van der Waals surface area contributed by atoms with E-state index in [2.05, 4.69) is 31.4 Å². The van der Waals surface area contributed by atoms with Gasteiger partial charge >= 0.3 is 0 Å². The number of para-hydroxylation sites is 1. The van der Waals surface area contributed by atoms with Gasteiger partial charge in [0.25, 0.3) is 11.8 Å². The third-order valence-electron chi connectivity index (χ3n) is 11.0. The first-order valence-corrected chi connectivity index (χ1v) is 19.7. The number of allylic oxidation sites excluding steroid dienone is 2. The predicted molar refractivity (Wildman–Crippen MR) is 219 cm³/mol. The van der Waals surface area contributed by atoms with E-state index in [1.54, 1.807) is 30.1 Å². The lowest BCUT2D eigenvalue weighted by Crippen LogP contribution is -2.46. The highest BCUT2D eigenvalue weighted by molar-refractivity contribution is 6.22. The number of imide groups is 1. The second kappa shape index (κ2) is 17.1. The van der Waals surface area contributed by atoms with Gasteiger partial charge in [-0.3, -0.25) is 14.5 Å². The van der Waals surface area contributed by atoms with E-state index in [1.165, 1.54) is 6.33 Å². The molecule has 15 nitrogen and oxygen atoms in total. The first-order chi connectivity index (χ1) is 28.9. The van der Waals surface area contributed by atoms with Crippen molar-refractivity contribution in [2.75, 3.05) is 30.7 Å². The number of nitrogen functional groups attached to an aromatic ring is 1. The van der Waals surface area contributed by atoms with Gasteiger partial charge in [-0.05, 0) is 93.1 Å². The van der Waals surface area contributed by atoms with Crippen molar-refractivity contribution >= 4 is 52.2 Å². The van der Waals surface area contributed by atoms with Crippen molar-refractivity contribution in [3.8, 4) is 22.8 Å². The molecule has 3 aliphatic heterocycles. The van der Waals surface area contributed by atoms with Crippen LogP contribution in [0.15, 0.2) is 96.2 Å². The largest absolute Gasteiger partial charge is 0.457 e. The molecule has 8 rings (SSSR count). The van der Waals surface area contributed by atoms with Crippen molar-refractivity contribution in [1.29, 1.82) is 0 Å². The van der Waals surface area contributed by atoms with Gasteiger partial charge in [-0.1, -0.05) is 24.6 Å². The molecule has 0 radical (unpaired) electrons. The monoisotopic (exact) mass is 791 g/mol. The lowest BCUT2D eigenvalue weighted by molar-refractivity contribution is 0.0593. The lowest BCUT2D eigenvalue weighted by Gasteiger charge is -2.34. The number of aromatic nitrogens is 4. The molecular weight excluding hydrogens is 751 g/mol. The van der Waals surface area contributed by atoms with Gasteiger partial charge in [-0.25, -0.2) is 29.0 Å². The highest BCUT2D eigenvalue weighted by Crippen LogP contribution is 2.36. The SMILES string of the molecule is Nc1ncnc2c1c(-c1ccc(Oc3ccccc3)cc1)nn2[C@@H]1CCCN(C(=C=O)CCCCCNc2ccc3c(c2)C(=O)N(C2CCC(=C=O)NC2=C=O)C3=O)C1. The van der Waals surface area contributed by atoms with Crippen LogP contribution in [0.1, 0.15) is 78.1 Å². The van der Waals surface area contributed by atoms with Gasteiger partial charge in [0.05, 0.1) is 34.3 Å². The second-order valence-corrected chi connectivity index (χ2v) is 14.7. The van der Waals surface area contributed by atoms with Crippen molar-refractivity contribution in [2.24, 2.45) is 0 Å². The summed E-state index contributed by atoms with van der Waals surface area (Å²) in [5.74, 6) is 6.47. The Morgan fingerprint density at radius 3 is 2.47 bits per heavy atom. The zero-order chi connectivity index (χ0) is 40.9. The van der Waals surface area contributed by atoms with E-state index in [1.807, 2.05) is 59.3 Å². The third kappa shape index (κ3) is 7.86. The summed E-state index contributed by atoms with van der Waals surface area (Å²) in [6.07, 6.45) is 6.66. The van der Waals surface area contributed by atoms with Gasteiger partial charge in [0, 0.05) is 37.3 Å². The van der Waals surface area contributed by atoms with E-state index in [-0.39, 0.29) is 41.4 Å². The van der Waals surface area contributed by atoms with Crippen molar-refractivity contribution < 1.29 is 28.7 Å². The molecule has 3 aliphatic rings. The molecule has 0 spiro atoms. The van der Waals surface area contributed by atoms with Crippen LogP contribution >= 0.6 is 0 Å². The number of benzene rings is 3. The molecule has 3 aromatic carbocycles. The molecule has 59 heavy (non-hydrogen) atoms. The number of hydrogen-bond acceptors (Lipinski definition) is 13. The summed E-state index contributed by atoms with van der Waals surface area (Å²) >= 11 is 0. The van der Waals surface area contributed by atoms with E-state index >= 15 is 0 Å². The van der Waals surface area contributed by atoms with Crippen LogP contribution in [-0.4, -0.2) is 84.9 Å². The average molecular weight is 792 g/mol. The lowest BCUT2D eigenvalue weighted by atomic mass is 10.0. The van der Waals surface area contributed by atoms with E-state index in [0.717, 1.165) is 54.9 Å². The van der Waals surface area contributed by atoms with Crippen LogP contribution in [-0.2, 0) is 14.4 Å². The zero-order valence-corrected chi connectivity index (χ0v) is 32.1. The molecule has 0 saturated carbocycles. The molecule has 0 bridgehead atoms. The Morgan fingerprint density at radius 1 is 0.898 bits per heavy atom. The molecule has 4 N–H and O–H groups in total. The molecule has 2 saturated heterocycles. The van der Waals surface area contributed by atoms with Crippen LogP contribution in [0.3, 0.4) is 0 Å². The molecule has 5 aromatic rings. The van der Waals surface area contributed by atoms with Gasteiger partial charge in [0.1, 0.15) is 58.6 Å². The van der Waals surface area contributed by atoms with E-state index in [9.17, 15) is 24.0 Å². The van der Waals surface area contributed by atoms with Crippen LogP contribution in [0.4, 0.5) is 11.5 Å². The number of hydrogen-bond donors (Lipinski definition) is 3. The molecule has 2 fully saturated rings. The average Bonchev–Trinajstić information content (AvgIpc) is 3.78. The van der Waals surface area contributed by atoms with Crippen molar-refractivity contribution in [2.45, 2.75) is 63.5 Å². The maximum atomic E-state index is 13.4. The summed E-state index contributed by atoms with van der Waals surface area (Å²) in [4.78, 5) is 73.6. The van der Waals surface area contributed by atoms with Crippen LogP contribution in [0.25, 0.3) is 22.3 Å². The maximum Gasteiger partial charge on any atom is 0.262 e. The fourth-order valence-corrected chi connectivity index (χ4v) is 8.07. The normalized spacial score (nSPS) is 17.6. The molecule has 298 valence electrons. The molecule has 2 aromatic heterocycles. The minimum atomic E-state index is -0.836. The Bertz CT molecular complexity index is 2570. The number of piperidine rings is 2. The number of likely N-dealkylation sites (tertiary alicyclic amines) is 1. The fourth-order valence-electron chi connectivity index (χ4n) is 8.07. The number of carbonyl (C=O) groups is 2. The zero-order valence-electron chi connectivity index (χ0n) is 32.1. The Kier molecular flexibility index (Phi) is 11.1. The summed E-state index contributed by atoms with van der Waals surface area (Å²) in [6, 6.07) is 21.4. The molecule has 0 aliphatic carbocycles. The van der Waals surface area contributed by atoms with Crippen molar-refractivity contribution in [3.05, 3.63) is 107 Å². The van der Waals surface area contributed by atoms with E-state index in [4.69, 9.17) is 15.6 Å². The van der Waals surface area contributed by atoms with E-state index in [0.29, 0.717) is 59.2 Å². The number of carbonyl (C=O) groups excluding carboxylic acids is 5. The first kappa shape index (κ1) is 38.6. The maximum absolute atomic E-state index is 13.4. The summed E-state index contributed by atoms with van der Waals surface area (Å²) in [5, 5.41) is 11.7. The Hall–Kier alpha value is -7.30. The number of nitrogens with two attached hydrogens (primary N) is 1. The minimum absolute atomic E-state index is 0.0371. The fraction of sp³-hybridized carbons (Fsp3) is 0.295. The standard InChI is InChI=1S/C44H41N9O6/c45-41-39-40(28-12-16-34(17-13-28)59-33-10-4-1-5-11-33)50-53(42(39)48-27-47-41)31-9-7-21-51(23-31)32(25-55)8-3-2-6-20-46-29-14-18-35-36(22-29)44(58)52(43(35)57)38-19-15-30(24-54)49-37(38)26-56/h1,4-5,10-14,16-18,22,27,31,38,46,49H,2-3,6-9,15,19-21,23H2,(H2,45,47,48)/t31-,38?/m1/s1. The Morgan fingerprint density at radius 2 is 1.69 bits per heavy atom. The molecule has 2 amide bonds. The molecule has 15 heteroatoms. The number of unbranched alkanes of at least 4 members (excludes halogenated alkanes) is 2. The Labute approximate surface area is 339 Å².